The minimum Gasteiger partial charge on any atom is -0.457 e. The van der Waals surface area contributed by atoms with Crippen molar-refractivity contribution in [3.8, 4) is 17.6 Å². The van der Waals surface area contributed by atoms with Gasteiger partial charge in [0.1, 0.15) is 28.9 Å². The summed E-state index contributed by atoms with van der Waals surface area (Å²) in [6, 6.07) is 19.8. The highest BCUT2D eigenvalue weighted by Crippen LogP contribution is 2.26. The van der Waals surface area contributed by atoms with Gasteiger partial charge in [0.15, 0.2) is 0 Å². The Morgan fingerprint density at radius 2 is 1.77 bits per heavy atom. The predicted molar refractivity (Wildman–Crippen MR) is 119 cm³/mol. The van der Waals surface area contributed by atoms with Gasteiger partial charge < -0.3 is 20.5 Å². The van der Waals surface area contributed by atoms with Gasteiger partial charge in [0.2, 0.25) is 5.95 Å². The fourth-order valence-corrected chi connectivity index (χ4v) is 3.61. The van der Waals surface area contributed by atoms with E-state index in [1.165, 1.54) is 6.20 Å². The van der Waals surface area contributed by atoms with Gasteiger partial charge in [-0.25, -0.2) is 4.98 Å². The number of para-hydroxylation sites is 2. The highest BCUT2D eigenvalue weighted by Gasteiger charge is 2.21. The lowest BCUT2D eigenvalue weighted by molar-refractivity contribution is 0.126. The van der Waals surface area contributed by atoms with Crippen molar-refractivity contribution in [2.75, 3.05) is 10.6 Å². The summed E-state index contributed by atoms with van der Waals surface area (Å²) in [5.74, 6) is 2.49. The molecule has 1 fully saturated rings. The smallest absolute Gasteiger partial charge is 0.224 e. The van der Waals surface area contributed by atoms with Crippen molar-refractivity contribution in [2.24, 2.45) is 0 Å². The van der Waals surface area contributed by atoms with Gasteiger partial charge in [0.25, 0.3) is 0 Å². The average Bonchev–Trinajstić information content (AvgIpc) is 2.81. The van der Waals surface area contributed by atoms with E-state index in [1.54, 1.807) is 0 Å². The van der Waals surface area contributed by atoms with E-state index in [-0.39, 0.29) is 12.1 Å². The maximum absolute atomic E-state index is 9.71. The van der Waals surface area contributed by atoms with Crippen LogP contribution >= 0.6 is 0 Å². The van der Waals surface area contributed by atoms with Gasteiger partial charge in [0, 0.05) is 18.2 Å². The first-order chi connectivity index (χ1) is 15.2. The van der Waals surface area contributed by atoms with Crippen LogP contribution in [0.15, 0.2) is 60.8 Å². The summed E-state index contributed by atoms with van der Waals surface area (Å²) in [5.41, 5.74) is 1.37. The number of anilines is 2. The number of nitriles is 1. The molecule has 1 heterocycles. The molecule has 0 radical (unpaired) electrons. The molecule has 0 amide bonds. The summed E-state index contributed by atoms with van der Waals surface area (Å²) in [5, 5.41) is 25.7. The number of hydrogen-bond acceptors (Lipinski definition) is 7. The third kappa shape index (κ3) is 5.50. The van der Waals surface area contributed by atoms with Crippen molar-refractivity contribution in [2.45, 2.75) is 44.4 Å². The maximum atomic E-state index is 9.71. The van der Waals surface area contributed by atoms with E-state index in [0.29, 0.717) is 23.9 Å². The van der Waals surface area contributed by atoms with Crippen molar-refractivity contribution in [3.63, 3.8) is 0 Å². The van der Waals surface area contributed by atoms with E-state index in [2.05, 4.69) is 26.7 Å². The molecule has 1 aromatic heterocycles. The second-order valence-corrected chi connectivity index (χ2v) is 7.59. The molecule has 158 valence electrons. The third-order valence-electron chi connectivity index (χ3n) is 5.33. The Labute approximate surface area is 181 Å². The molecule has 7 nitrogen and oxygen atoms in total. The van der Waals surface area contributed by atoms with Crippen LogP contribution in [0.4, 0.5) is 11.8 Å². The van der Waals surface area contributed by atoms with Crippen LogP contribution in [0.5, 0.6) is 11.5 Å². The standard InChI is InChI=1S/C24H25N5O2/c25-14-18-16-27-24(29-23(18)28-19-10-12-20(30)13-11-19)26-15-17-6-4-5-9-22(17)31-21-7-2-1-3-8-21/h1-9,16,19-20,30H,10-13,15H2,(H2,26,27,28,29). The molecule has 1 aliphatic carbocycles. The summed E-state index contributed by atoms with van der Waals surface area (Å²) >= 11 is 0. The highest BCUT2D eigenvalue weighted by atomic mass is 16.5. The molecule has 0 spiro atoms. The summed E-state index contributed by atoms with van der Waals surface area (Å²) in [6.45, 7) is 0.476. The van der Waals surface area contributed by atoms with Gasteiger partial charge in [-0.15, -0.1) is 0 Å². The molecule has 0 bridgehead atoms. The van der Waals surface area contributed by atoms with Crippen LogP contribution in [0, 0.1) is 11.3 Å². The Morgan fingerprint density at radius 3 is 2.55 bits per heavy atom. The van der Waals surface area contributed by atoms with E-state index in [9.17, 15) is 10.4 Å². The molecule has 1 aliphatic rings. The molecule has 0 unspecified atom stereocenters. The maximum Gasteiger partial charge on any atom is 0.224 e. The van der Waals surface area contributed by atoms with Crippen LogP contribution in [-0.4, -0.2) is 27.2 Å². The fourth-order valence-electron chi connectivity index (χ4n) is 3.61. The van der Waals surface area contributed by atoms with Crippen molar-refractivity contribution in [1.82, 2.24) is 9.97 Å². The zero-order valence-electron chi connectivity index (χ0n) is 17.2. The normalized spacial score (nSPS) is 18.1. The highest BCUT2D eigenvalue weighted by molar-refractivity contribution is 5.54. The van der Waals surface area contributed by atoms with Crippen LogP contribution < -0.4 is 15.4 Å². The van der Waals surface area contributed by atoms with Crippen LogP contribution in [0.25, 0.3) is 0 Å². The molecule has 31 heavy (non-hydrogen) atoms. The largest absolute Gasteiger partial charge is 0.457 e. The van der Waals surface area contributed by atoms with Crippen molar-refractivity contribution in [3.05, 3.63) is 71.9 Å². The van der Waals surface area contributed by atoms with Crippen LogP contribution in [-0.2, 0) is 6.54 Å². The van der Waals surface area contributed by atoms with Crippen LogP contribution in [0.3, 0.4) is 0 Å². The van der Waals surface area contributed by atoms with Gasteiger partial charge in [-0.2, -0.15) is 10.2 Å². The first-order valence-electron chi connectivity index (χ1n) is 10.5. The number of aromatic nitrogens is 2. The first-order valence-corrected chi connectivity index (χ1v) is 10.5. The molecule has 0 atom stereocenters. The lowest BCUT2D eigenvalue weighted by Gasteiger charge is -2.26. The number of hydrogen-bond donors (Lipinski definition) is 3. The van der Waals surface area contributed by atoms with Crippen molar-refractivity contribution < 1.29 is 9.84 Å². The zero-order valence-corrected chi connectivity index (χ0v) is 17.2. The van der Waals surface area contributed by atoms with Gasteiger partial charge in [-0.3, -0.25) is 0 Å². The number of nitrogens with one attached hydrogen (secondary N) is 2. The molecule has 3 N–H and O–H groups in total. The van der Waals surface area contributed by atoms with Gasteiger partial charge in [0.05, 0.1) is 12.3 Å². The van der Waals surface area contributed by atoms with Crippen molar-refractivity contribution >= 4 is 11.8 Å². The molecular formula is C24H25N5O2. The average molecular weight is 415 g/mol. The van der Waals surface area contributed by atoms with Gasteiger partial charge in [-0.05, 0) is 43.9 Å². The summed E-state index contributed by atoms with van der Waals surface area (Å²) < 4.78 is 6.01. The summed E-state index contributed by atoms with van der Waals surface area (Å²) in [7, 11) is 0. The van der Waals surface area contributed by atoms with E-state index in [0.717, 1.165) is 42.7 Å². The second-order valence-electron chi connectivity index (χ2n) is 7.59. The molecule has 3 aromatic rings. The number of benzene rings is 2. The Bertz CT molecular complexity index is 1040. The molecular weight excluding hydrogens is 390 g/mol. The minimum atomic E-state index is -0.228. The molecule has 0 saturated heterocycles. The Morgan fingerprint density at radius 1 is 1.03 bits per heavy atom. The minimum absolute atomic E-state index is 0.193. The van der Waals surface area contributed by atoms with Gasteiger partial charge >= 0.3 is 0 Å². The monoisotopic (exact) mass is 415 g/mol. The lowest BCUT2D eigenvalue weighted by atomic mass is 9.93. The van der Waals surface area contributed by atoms with E-state index < -0.39 is 0 Å². The van der Waals surface area contributed by atoms with E-state index >= 15 is 0 Å². The number of ether oxygens (including phenoxy) is 1. The number of nitrogens with zero attached hydrogens (tertiary/aromatic N) is 3. The molecule has 4 rings (SSSR count). The quantitative estimate of drug-likeness (QED) is 0.523. The summed E-state index contributed by atoms with van der Waals surface area (Å²) in [4.78, 5) is 8.80. The zero-order chi connectivity index (χ0) is 21.5. The van der Waals surface area contributed by atoms with Gasteiger partial charge in [-0.1, -0.05) is 36.4 Å². The molecule has 0 aliphatic heterocycles. The Hall–Kier alpha value is -3.63. The number of rotatable bonds is 7. The fraction of sp³-hybridized carbons (Fsp3) is 0.292. The molecule has 2 aromatic carbocycles. The first kappa shape index (κ1) is 20.6. The lowest BCUT2D eigenvalue weighted by Crippen LogP contribution is -2.29. The van der Waals surface area contributed by atoms with E-state index in [1.807, 2.05) is 54.6 Å². The topological polar surface area (TPSA) is 103 Å². The molecule has 1 saturated carbocycles. The SMILES string of the molecule is N#Cc1cnc(NCc2ccccc2Oc2ccccc2)nc1NC1CCC(O)CC1. The summed E-state index contributed by atoms with van der Waals surface area (Å²) in [6.07, 6.45) is 4.52. The second kappa shape index (κ2) is 9.92. The Kier molecular flexibility index (Phi) is 6.60. The van der Waals surface area contributed by atoms with Crippen LogP contribution in [0.2, 0.25) is 0 Å². The van der Waals surface area contributed by atoms with E-state index in [4.69, 9.17) is 4.74 Å². The number of aliphatic hydroxyl groups excluding tert-OH is 1. The molecule has 7 heteroatoms. The predicted octanol–water partition coefficient (Wildman–Crippen LogP) is 4.47. The third-order valence-corrected chi connectivity index (χ3v) is 5.33. The Balaban J connectivity index is 1.45. The van der Waals surface area contributed by atoms with Crippen molar-refractivity contribution in [1.29, 1.82) is 5.26 Å². The number of aliphatic hydroxyl groups is 1. The van der Waals surface area contributed by atoms with Crippen LogP contribution in [0.1, 0.15) is 36.8 Å².